The normalized spacial score (nSPS) is 17.9. The number of hydrogen-bond donors (Lipinski definition) is 0. The number of amides is 1. The number of fused-ring (bicyclic) bond motifs is 2. The third-order valence-corrected chi connectivity index (χ3v) is 5.77. The molecule has 2 aliphatic rings. The summed E-state index contributed by atoms with van der Waals surface area (Å²) >= 11 is 0. The quantitative estimate of drug-likeness (QED) is 0.769. The number of benzene rings is 2. The topological polar surface area (TPSA) is 32.8 Å². The van der Waals surface area contributed by atoms with Gasteiger partial charge in [0.05, 0.1) is 0 Å². The highest BCUT2D eigenvalue weighted by molar-refractivity contribution is 5.71. The smallest absolute Gasteiger partial charge is 0.410 e. The Morgan fingerprint density at radius 2 is 1.52 bits per heavy atom. The molecule has 27 heavy (non-hydrogen) atoms. The molecule has 0 spiro atoms. The van der Waals surface area contributed by atoms with Crippen LogP contribution in [0.5, 0.6) is 5.75 Å². The van der Waals surface area contributed by atoms with Crippen molar-refractivity contribution in [3.05, 3.63) is 64.7 Å². The van der Waals surface area contributed by atoms with E-state index in [-0.39, 0.29) is 6.09 Å². The Hall–Kier alpha value is -2.33. The number of likely N-dealkylation sites (N-methyl/N-ethyl adjacent to an activating group) is 1. The average molecular weight is 364 g/mol. The van der Waals surface area contributed by atoms with Gasteiger partial charge in [-0.2, -0.15) is 0 Å². The van der Waals surface area contributed by atoms with Crippen molar-refractivity contribution in [1.29, 1.82) is 0 Å². The maximum atomic E-state index is 12.3. The van der Waals surface area contributed by atoms with Crippen molar-refractivity contribution < 1.29 is 9.53 Å². The van der Waals surface area contributed by atoms with E-state index in [1.54, 1.807) is 4.90 Å². The first kappa shape index (κ1) is 18.1. The molecule has 1 fully saturated rings. The van der Waals surface area contributed by atoms with E-state index in [1.165, 1.54) is 22.3 Å². The molecule has 4 rings (SSSR count). The Morgan fingerprint density at radius 3 is 2.30 bits per heavy atom. The Morgan fingerprint density at radius 1 is 0.852 bits per heavy atom. The van der Waals surface area contributed by atoms with Gasteiger partial charge >= 0.3 is 6.09 Å². The maximum Gasteiger partial charge on any atom is 0.415 e. The molecule has 0 bridgehead atoms. The molecule has 2 aromatic rings. The van der Waals surface area contributed by atoms with Crippen LogP contribution in [0.2, 0.25) is 0 Å². The molecule has 0 aromatic heterocycles. The second-order valence-corrected chi connectivity index (χ2v) is 7.74. The fourth-order valence-corrected chi connectivity index (χ4v) is 4.05. The fraction of sp³-hybridized carbons (Fsp3) is 0.435. The minimum atomic E-state index is -0.213. The van der Waals surface area contributed by atoms with Crippen LogP contribution in [0.3, 0.4) is 0 Å². The molecule has 1 saturated heterocycles. The van der Waals surface area contributed by atoms with Gasteiger partial charge in [-0.1, -0.05) is 30.3 Å². The van der Waals surface area contributed by atoms with E-state index < -0.39 is 0 Å². The summed E-state index contributed by atoms with van der Waals surface area (Å²) in [6.45, 7) is 3.70. The van der Waals surface area contributed by atoms with E-state index in [1.807, 2.05) is 6.07 Å². The van der Waals surface area contributed by atoms with Gasteiger partial charge in [-0.25, -0.2) is 4.79 Å². The van der Waals surface area contributed by atoms with Crippen molar-refractivity contribution in [3.8, 4) is 5.75 Å². The van der Waals surface area contributed by atoms with Crippen molar-refractivity contribution in [1.82, 2.24) is 9.80 Å². The van der Waals surface area contributed by atoms with Gasteiger partial charge in [0.2, 0.25) is 0 Å². The molecular formula is C23H28N2O2. The molecule has 0 unspecified atom stereocenters. The Balaban J connectivity index is 1.59. The lowest BCUT2D eigenvalue weighted by Crippen LogP contribution is -2.30. The number of nitrogens with zero attached hydrogens (tertiary/aromatic N) is 2. The van der Waals surface area contributed by atoms with Crippen LogP contribution in [-0.4, -0.2) is 49.1 Å². The molecule has 2 heterocycles. The van der Waals surface area contributed by atoms with Gasteiger partial charge in [-0.05, 0) is 73.5 Å². The summed E-state index contributed by atoms with van der Waals surface area (Å²) in [6, 6.07) is 14.9. The van der Waals surface area contributed by atoms with Gasteiger partial charge in [0.15, 0.2) is 0 Å². The maximum absolute atomic E-state index is 12.3. The highest BCUT2D eigenvalue weighted by atomic mass is 16.6. The number of likely N-dealkylation sites (tertiary alicyclic amines) is 1. The molecule has 4 heteroatoms. The SMILES string of the molecule is CN1CCc2ccccc2Cc2ccc(OC(=O)N3CCCC3)cc2CC1. The Kier molecular flexibility index (Phi) is 5.44. The largest absolute Gasteiger partial charge is 0.415 e. The lowest BCUT2D eigenvalue weighted by atomic mass is 9.93. The summed E-state index contributed by atoms with van der Waals surface area (Å²) in [7, 11) is 2.18. The van der Waals surface area contributed by atoms with Gasteiger partial charge < -0.3 is 14.5 Å². The molecule has 1 amide bonds. The summed E-state index contributed by atoms with van der Waals surface area (Å²) in [4.78, 5) is 16.5. The molecule has 142 valence electrons. The Labute approximate surface area is 161 Å². The van der Waals surface area contributed by atoms with Gasteiger partial charge in [0.1, 0.15) is 5.75 Å². The highest BCUT2D eigenvalue weighted by Gasteiger charge is 2.20. The van der Waals surface area contributed by atoms with Crippen molar-refractivity contribution in [2.75, 3.05) is 33.2 Å². The molecule has 2 aromatic carbocycles. The van der Waals surface area contributed by atoms with Crippen LogP contribution in [0.1, 0.15) is 35.1 Å². The molecule has 0 atom stereocenters. The average Bonchev–Trinajstić information content (AvgIpc) is 3.22. The van der Waals surface area contributed by atoms with Crippen LogP contribution >= 0.6 is 0 Å². The first-order valence-corrected chi connectivity index (χ1v) is 10.0. The monoisotopic (exact) mass is 364 g/mol. The molecule has 4 nitrogen and oxygen atoms in total. The number of hydrogen-bond acceptors (Lipinski definition) is 3. The van der Waals surface area contributed by atoms with Gasteiger partial charge in [0, 0.05) is 26.2 Å². The van der Waals surface area contributed by atoms with E-state index in [2.05, 4.69) is 48.3 Å². The standard InChI is InChI=1S/C23H28N2O2/c1-24-14-10-18-6-2-3-7-19(18)16-20-8-9-22(17-21(20)11-15-24)27-23(26)25-12-4-5-13-25/h2-3,6-9,17H,4-5,10-16H2,1H3. The van der Waals surface area contributed by atoms with Crippen LogP contribution in [0.4, 0.5) is 4.79 Å². The minimum Gasteiger partial charge on any atom is -0.410 e. The van der Waals surface area contributed by atoms with E-state index >= 15 is 0 Å². The third kappa shape index (κ3) is 4.33. The van der Waals surface area contributed by atoms with E-state index in [9.17, 15) is 4.79 Å². The number of carbonyl (C=O) groups is 1. The minimum absolute atomic E-state index is 0.213. The lowest BCUT2D eigenvalue weighted by molar-refractivity contribution is 0.162. The molecule has 0 aliphatic carbocycles. The van der Waals surface area contributed by atoms with E-state index in [4.69, 9.17) is 4.74 Å². The predicted octanol–water partition coefficient (Wildman–Crippen LogP) is 3.90. The van der Waals surface area contributed by atoms with E-state index in [0.29, 0.717) is 5.75 Å². The van der Waals surface area contributed by atoms with Gasteiger partial charge in [-0.3, -0.25) is 0 Å². The van der Waals surface area contributed by atoms with Crippen LogP contribution in [0.15, 0.2) is 42.5 Å². The molecular weight excluding hydrogens is 336 g/mol. The highest BCUT2D eigenvalue weighted by Crippen LogP contribution is 2.25. The van der Waals surface area contributed by atoms with Crippen LogP contribution in [-0.2, 0) is 19.3 Å². The number of ether oxygens (including phenoxy) is 1. The predicted molar refractivity (Wildman–Crippen MR) is 107 cm³/mol. The molecule has 0 radical (unpaired) electrons. The van der Waals surface area contributed by atoms with E-state index in [0.717, 1.165) is 58.3 Å². The summed E-state index contributed by atoms with van der Waals surface area (Å²) < 4.78 is 5.66. The molecule has 0 saturated carbocycles. The van der Waals surface area contributed by atoms with Crippen molar-refractivity contribution in [2.24, 2.45) is 0 Å². The van der Waals surface area contributed by atoms with Crippen LogP contribution < -0.4 is 4.74 Å². The zero-order chi connectivity index (χ0) is 18.6. The fourth-order valence-electron chi connectivity index (χ4n) is 4.05. The van der Waals surface area contributed by atoms with Gasteiger partial charge in [0.25, 0.3) is 0 Å². The summed E-state index contributed by atoms with van der Waals surface area (Å²) in [6.07, 6.45) is 4.94. The first-order valence-electron chi connectivity index (χ1n) is 10.0. The molecule has 2 aliphatic heterocycles. The second kappa shape index (κ2) is 8.13. The number of rotatable bonds is 1. The van der Waals surface area contributed by atoms with Crippen LogP contribution in [0, 0.1) is 0 Å². The first-order chi connectivity index (χ1) is 13.2. The van der Waals surface area contributed by atoms with Crippen LogP contribution in [0.25, 0.3) is 0 Å². The summed E-state index contributed by atoms with van der Waals surface area (Å²) in [5.74, 6) is 0.665. The van der Waals surface area contributed by atoms with Crippen molar-refractivity contribution in [3.63, 3.8) is 0 Å². The third-order valence-electron chi connectivity index (χ3n) is 5.77. The zero-order valence-electron chi connectivity index (χ0n) is 16.1. The lowest BCUT2D eigenvalue weighted by Gasteiger charge is -2.22. The summed E-state index contributed by atoms with van der Waals surface area (Å²) in [5.41, 5.74) is 5.45. The Bertz CT molecular complexity index is 812. The number of carbonyl (C=O) groups excluding carboxylic acids is 1. The van der Waals surface area contributed by atoms with Crippen molar-refractivity contribution in [2.45, 2.75) is 32.1 Å². The zero-order valence-corrected chi connectivity index (χ0v) is 16.1. The van der Waals surface area contributed by atoms with Gasteiger partial charge in [-0.15, -0.1) is 0 Å². The summed E-state index contributed by atoms with van der Waals surface area (Å²) in [5, 5.41) is 0. The molecule has 0 N–H and O–H groups in total. The second-order valence-electron chi connectivity index (χ2n) is 7.74. The van der Waals surface area contributed by atoms with Crippen molar-refractivity contribution >= 4 is 6.09 Å².